The summed E-state index contributed by atoms with van der Waals surface area (Å²) in [6.07, 6.45) is 3.48. The van der Waals surface area contributed by atoms with Crippen LogP contribution in [0.25, 0.3) is 0 Å². The highest BCUT2D eigenvalue weighted by atomic mass is 35.5. The maximum atomic E-state index is 12.2. The summed E-state index contributed by atoms with van der Waals surface area (Å²) in [7, 11) is 3.67. The lowest BCUT2D eigenvalue weighted by Crippen LogP contribution is -2.32. The van der Waals surface area contributed by atoms with Crippen LogP contribution in [0.1, 0.15) is 15.9 Å². The smallest absolute Gasteiger partial charge is 0.253 e. The first kappa shape index (κ1) is 18.9. The molecule has 2 aromatic rings. The molecule has 1 amide bonds. The number of carbonyl (C=O) groups is 1. The first-order valence-corrected chi connectivity index (χ1v) is 7.22. The molecule has 0 saturated carbocycles. The molecular formula is C17H22ClN3O2. The molecule has 0 spiro atoms. The van der Waals surface area contributed by atoms with E-state index in [4.69, 9.17) is 4.74 Å². The molecular weight excluding hydrogens is 314 g/mol. The predicted octanol–water partition coefficient (Wildman–Crippen LogP) is 2.37. The lowest BCUT2D eigenvalue weighted by Gasteiger charge is -2.17. The molecule has 0 aliphatic heterocycles. The normalized spacial score (nSPS) is 9.83. The van der Waals surface area contributed by atoms with Gasteiger partial charge in [0.15, 0.2) is 0 Å². The average Bonchev–Trinajstić information content (AvgIpc) is 2.58. The number of ether oxygens (including phenoxy) is 1. The third-order valence-corrected chi connectivity index (χ3v) is 3.30. The Labute approximate surface area is 143 Å². The van der Waals surface area contributed by atoms with Gasteiger partial charge in [0.25, 0.3) is 5.91 Å². The van der Waals surface area contributed by atoms with Crippen molar-refractivity contribution in [3.63, 3.8) is 0 Å². The SMILES string of the molecule is CNCCN(C)C(=O)c1ccc(OCc2ccncc2)cc1.Cl. The molecule has 0 saturated heterocycles. The van der Waals surface area contributed by atoms with Crippen molar-refractivity contribution in [1.82, 2.24) is 15.2 Å². The van der Waals surface area contributed by atoms with E-state index in [1.54, 1.807) is 36.5 Å². The van der Waals surface area contributed by atoms with E-state index in [0.717, 1.165) is 17.9 Å². The van der Waals surface area contributed by atoms with Crippen LogP contribution >= 0.6 is 12.4 Å². The lowest BCUT2D eigenvalue weighted by molar-refractivity contribution is 0.0797. The minimum absolute atomic E-state index is 0. The molecule has 0 bridgehead atoms. The number of halogens is 1. The number of benzene rings is 1. The van der Waals surface area contributed by atoms with Crippen molar-refractivity contribution in [2.45, 2.75) is 6.61 Å². The molecule has 0 fully saturated rings. The van der Waals surface area contributed by atoms with Gasteiger partial charge in [-0.2, -0.15) is 0 Å². The monoisotopic (exact) mass is 335 g/mol. The highest BCUT2D eigenvalue weighted by Crippen LogP contribution is 2.15. The Bertz CT molecular complexity index is 591. The van der Waals surface area contributed by atoms with Crippen LogP contribution in [-0.2, 0) is 6.61 Å². The van der Waals surface area contributed by atoms with Crippen LogP contribution < -0.4 is 10.1 Å². The highest BCUT2D eigenvalue weighted by Gasteiger charge is 2.10. The molecule has 0 atom stereocenters. The van der Waals surface area contributed by atoms with Gasteiger partial charge < -0.3 is 15.0 Å². The lowest BCUT2D eigenvalue weighted by atomic mass is 10.2. The molecule has 1 aromatic carbocycles. The first-order valence-electron chi connectivity index (χ1n) is 7.22. The van der Waals surface area contributed by atoms with Crippen LogP contribution in [0.15, 0.2) is 48.8 Å². The fourth-order valence-electron chi connectivity index (χ4n) is 1.94. The minimum Gasteiger partial charge on any atom is -0.489 e. The van der Waals surface area contributed by atoms with E-state index in [9.17, 15) is 4.79 Å². The number of aromatic nitrogens is 1. The van der Waals surface area contributed by atoms with Gasteiger partial charge in [-0.1, -0.05) is 0 Å². The number of nitrogens with zero attached hydrogens (tertiary/aromatic N) is 2. The maximum absolute atomic E-state index is 12.2. The second kappa shape index (κ2) is 9.82. The Morgan fingerprint density at radius 2 is 1.83 bits per heavy atom. The summed E-state index contributed by atoms with van der Waals surface area (Å²) in [5, 5.41) is 3.03. The summed E-state index contributed by atoms with van der Waals surface area (Å²) in [6.45, 7) is 1.93. The Morgan fingerprint density at radius 3 is 2.43 bits per heavy atom. The molecule has 1 N–H and O–H groups in total. The fourth-order valence-corrected chi connectivity index (χ4v) is 1.94. The minimum atomic E-state index is 0. The number of pyridine rings is 1. The number of rotatable bonds is 7. The summed E-state index contributed by atoms with van der Waals surface area (Å²) in [5.74, 6) is 0.752. The fraction of sp³-hybridized carbons (Fsp3) is 0.294. The number of likely N-dealkylation sites (N-methyl/N-ethyl adjacent to an activating group) is 2. The molecule has 124 valence electrons. The third kappa shape index (κ3) is 5.88. The topological polar surface area (TPSA) is 54.5 Å². The van der Waals surface area contributed by atoms with Crippen molar-refractivity contribution in [2.75, 3.05) is 27.2 Å². The van der Waals surface area contributed by atoms with Gasteiger partial charge in [-0.25, -0.2) is 0 Å². The number of nitrogens with one attached hydrogen (secondary N) is 1. The first-order chi connectivity index (χ1) is 10.7. The predicted molar refractivity (Wildman–Crippen MR) is 93.1 cm³/mol. The van der Waals surface area contributed by atoms with Gasteiger partial charge in [0.05, 0.1) is 0 Å². The Balaban J connectivity index is 0.00000264. The van der Waals surface area contributed by atoms with Crippen molar-refractivity contribution < 1.29 is 9.53 Å². The maximum Gasteiger partial charge on any atom is 0.253 e. The summed E-state index contributed by atoms with van der Waals surface area (Å²) in [5.41, 5.74) is 1.72. The Kier molecular flexibility index (Phi) is 8.08. The van der Waals surface area contributed by atoms with E-state index in [-0.39, 0.29) is 18.3 Å². The van der Waals surface area contributed by atoms with Gasteiger partial charge in [0.2, 0.25) is 0 Å². The van der Waals surface area contributed by atoms with Crippen molar-refractivity contribution in [3.05, 3.63) is 59.9 Å². The summed E-state index contributed by atoms with van der Waals surface area (Å²) in [4.78, 5) is 17.9. The van der Waals surface area contributed by atoms with E-state index >= 15 is 0 Å². The third-order valence-electron chi connectivity index (χ3n) is 3.30. The van der Waals surface area contributed by atoms with Crippen molar-refractivity contribution in [2.24, 2.45) is 0 Å². The molecule has 1 heterocycles. The van der Waals surface area contributed by atoms with Crippen molar-refractivity contribution in [1.29, 1.82) is 0 Å². The van der Waals surface area contributed by atoms with Crippen LogP contribution in [0.2, 0.25) is 0 Å². The second-order valence-corrected chi connectivity index (χ2v) is 5.00. The van der Waals surface area contributed by atoms with Crippen molar-refractivity contribution >= 4 is 18.3 Å². The Morgan fingerprint density at radius 1 is 1.17 bits per heavy atom. The zero-order valence-corrected chi connectivity index (χ0v) is 14.2. The largest absolute Gasteiger partial charge is 0.489 e. The second-order valence-electron chi connectivity index (χ2n) is 5.00. The molecule has 0 aliphatic rings. The van der Waals surface area contributed by atoms with E-state index in [0.29, 0.717) is 18.7 Å². The van der Waals surface area contributed by atoms with Crippen LogP contribution in [0.4, 0.5) is 0 Å². The summed E-state index contributed by atoms with van der Waals surface area (Å²) in [6, 6.07) is 11.0. The van der Waals surface area contributed by atoms with Gasteiger partial charge >= 0.3 is 0 Å². The zero-order chi connectivity index (χ0) is 15.8. The number of hydrogen-bond donors (Lipinski definition) is 1. The van der Waals surface area contributed by atoms with Gasteiger partial charge in [0, 0.05) is 38.1 Å². The summed E-state index contributed by atoms with van der Waals surface area (Å²) < 4.78 is 5.69. The molecule has 2 rings (SSSR count). The Hall–Kier alpha value is -2.11. The quantitative estimate of drug-likeness (QED) is 0.844. The van der Waals surface area contributed by atoms with E-state index in [1.807, 2.05) is 31.3 Å². The van der Waals surface area contributed by atoms with E-state index in [1.165, 1.54) is 0 Å². The molecule has 0 aliphatic carbocycles. The molecule has 0 unspecified atom stereocenters. The molecule has 0 radical (unpaired) electrons. The van der Waals surface area contributed by atoms with Crippen LogP contribution in [-0.4, -0.2) is 43.0 Å². The van der Waals surface area contributed by atoms with Crippen LogP contribution in [0.5, 0.6) is 5.75 Å². The van der Waals surface area contributed by atoms with E-state index < -0.39 is 0 Å². The number of carbonyl (C=O) groups excluding carboxylic acids is 1. The van der Waals surface area contributed by atoms with Gasteiger partial charge in [0.1, 0.15) is 12.4 Å². The summed E-state index contributed by atoms with van der Waals surface area (Å²) >= 11 is 0. The molecule has 23 heavy (non-hydrogen) atoms. The van der Waals surface area contributed by atoms with Gasteiger partial charge in [-0.05, 0) is 49.0 Å². The number of hydrogen-bond acceptors (Lipinski definition) is 4. The standard InChI is InChI=1S/C17H21N3O2.ClH/c1-18-11-12-20(2)17(21)15-3-5-16(6-4-15)22-13-14-7-9-19-10-8-14;/h3-10,18H,11-13H2,1-2H3;1H. The molecule has 6 heteroatoms. The van der Waals surface area contributed by atoms with Crippen LogP contribution in [0, 0.1) is 0 Å². The number of amides is 1. The average molecular weight is 336 g/mol. The zero-order valence-electron chi connectivity index (χ0n) is 13.4. The van der Waals surface area contributed by atoms with Gasteiger partial charge in [-0.3, -0.25) is 9.78 Å². The van der Waals surface area contributed by atoms with Gasteiger partial charge in [-0.15, -0.1) is 12.4 Å². The molecule has 1 aromatic heterocycles. The highest BCUT2D eigenvalue weighted by molar-refractivity contribution is 5.94. The van der Waals surface area contributed by atoms with Crippen LogP contribution in [0.3, 0.4) is 0 Å². The van der Waals surface area contributed by atoms with E-state index in [2.05, 4.69) is 10.3 Å². The van der Waals surface area contributed by atoms with Crippen molar-refractivity contribution in [3.8, 4) is 5.75 Å². The molecule has 5 nitrogen and oxygen atoms in total.